The minimum Gasteiger partial charge on any atom is -0.359 e. The van der Waals surface area contributed by atoms with Crippen molar-refractivity contribution in [2.45, 2.75) is 52.0 Å². The van der Waals surface area contributed by atoms with E-state index >= 15 is 0 Å². The maximum absolute atomic E-state index is 4.74. The van der Waals surface area contributed by atoms with E-state index < -0.39 is 0 Å². The molecule has 0 spiro atoms. The number of nitrogens with zero attached hydrogens (tertiary/aromatic N) is 1. The van der Waals surface area contributed by atoms with E-state index in [1.54, 1.807) is 0 Å². The van der Waals surface area contributed by atoms with Crippen LogP contribution in [0.1, 0.15) is 46.5 Å². The van der Waals surface area contributed by atoms with Crippen LogP contribution in [-0.4, -0.2) is 23.0 Å². The molecule has 1 aliphatic carbocycles. The van der Waals surface area contributed by atoms with Gasteiger partial charge in [0.15, 0.2) is 5.17 Å². The Morgan fingerprint density at radius 1 is 1.27 bits per heavy atom. The van der Waals surface area contributed by atoms with Crippen LogP contribution in [-0.2, 0) is 0 Å². The number of rotatable bonds is 2. The first kappa shape index (κ1) is 11.3. The molecule has 0 aromatic heterocycles. The first-order chi connectivity index (χ1) is 6.99. The lowest BCUT2D eigenvalue weighted by Gasteiger charge is -2.21. The van der Waals surface area contributed by atoms with E-state index in [9.17, 15) is 0 Å². The second-order valence-electron chi connectivity index (χ2n) is 5.94. The smallest absolute Gasteiger partial charge is 0.157 e. The summed E-state index contributed by atoms with van der Waals surface area (Å²) in [5.74, 6) is 1.14. The number of hydrogen-bond donors (Lipinski definition) is 1. The summed E-state index contributed by atoms with van der Waals surface area (Å²) in [6.07, 6.45) is 5.51. The maximum atomic E-state index is 4.74. The minimum absolute atomic E-state index is 0.236. The van der Waals surface area contributed by atoms with E-state index in [2.05, 4.69) is 26.1 Å². The van der Waals surface area contributed by atoms with Gasteiger partial charge in [-0.25, -0.2) is 0 Å². The molecule has 1 N–H and O–H groups in total. The predicted molar refractivity (Wildman–Crippen MR) is 68.5 cm³/mol. The van der Waals surface area contributed by atoms with Gasteiger partial charge in [-0.3, -0.25) is 4.99 Å². The van der Waals surface area contributed by atoms with Gasteiger partial charge in [-0.05, 0) is 32.1 Å². The van der Waals surface area contributed by atoms with E-state index in [0.717, 1.165) is 17.5 Å². The molecule has 0 aromatic rings. The van der Waals surface area contributed by atoms with Gasteiger partial charge >= 0.3 is 0 Å². The molecule has 2 fully saturated rings. The second kappa shape index (κ2) is 4.00. The number of nitrogens with one attached hydrogen (secondary N) is 1. The summed E-state index contributed by atoms with van der Waals surface area (Å²) < 4.78 is 0. The molecule has 2 aliphatic rings. The van der Waals surface area contributed by atoms with Gasteiger partial charge in [0.2, 0.25) is 0 Å². The molecule has 0 amide bonds. The van der Waals surface area contributed by atoms with Crippen LogP contribution >= 0.6 is 11.8 Å². The van der Waals surface area contributed by atoms with Crippen LogP contribution in [0.4, 0.5) is 0 Å². The van der Waals surface area contributed by atoms with E-state index in [4.69, 9.17) is 4.99 Å². The molecule has 15 heavy (non-hydrogen) atoms. The van der Waals surface area contributed by atoms with Crippen LogP contribution in [0.5, 0.6) is 0 Å². The lowest BCUT2D eigenvalue weighted by atomic mass is 9.89. The van der Waals surface area contributed by atoms with Crippen LogP contribution in [0, 0.1) is 5.41 Å². The van der Waals surface area contributed by atoms with Gasteiger partial charge < -0.3 is 5.32 Å². The summed E-state index contributed by atoms with van der Waals surface area (Å²) in [5.41, 5.74) is 0.724. The normalized spacial score (nSPS) is 30.7. The Balaban J connectivity index is 1.89. The maximum Gasteiger partial charge on any atom is 0.157 e. The molecule has 1 aliphatic heterocycles. The summed E-state index contributed by atoms with van der Waals surface area (Å²) in [6.45, 7) is 7.87. The van der Waals surface area contributed by atoms with Gasteiger partial charge in [0.25, 0.3) is 0 Å². The molecule has 0 unspecified atom stereocenters. The van der Waals surface area contributed by atoms with Gasteiger partial charge in [0.1, 0.15) is 0 Å². The van der Waals surface area contributed by atoms with Crippen molar-refractivity contribution in [3.8, 4) is 0 Å². The van der Waals surface area contributed by atoms with Crippen molar-refractivity contribution in [1.29, 1.82) is 0 Å². The zero-order valence-corrected chi connectivity index (χ0v) is 10.9. The van der Waals surface area contributed by atoms with Gasteiger partial charge in [-0.15, -0.1) is 0 Å². The monoisotopic (exact) mass is 226 g/mol. The molecule has 1 saturated carbocycles. The Kier molecular flexibility index (Phi) is 3.02. The molecular weight excluding hydrogens is 204 g/mol. The Bertz CT molecular complexity index is 265. The Labute approximate surface area is 97.3 Å². The lowest BCUT2D eigenvalue weighted by Crippen LogP contribution is -2.37. The van der Waals surface area contributed by atoms with E-state index in [-0.39, 0.29) is 5.54 Å². The first-order valence-corrected chi connectivity index (χ1v) is 6.93. The van der Waals surface area contributed by atoms with Crippen LogP contribution in [0.3, 0.4) is 0 Å². The predicted octanol–water partition coefficient (Wildman–Crippen LogP) is 3.04. The molecule has 3 heteroatoms. The standard InChI is InChI=1S/C12H22N2S/c1-11(2)9-15-10(14-11)13-8-12(3)6-4-5-7-12/h4-9H2,1-3H3,(H,13,14). The third-order valence-electron chi connectivity index (χ3n) is 3.43. The van der Waals surface area contributed by atoms with Crippen LogP contribution in [0.15, 0.2) is 4.99 Å². The van der Waals surface area contributed by atoms with E-state index in [0.29, 0.717) is 5.41 Å². The zero-order valence-electron chi connectivity index (χ0n) is 10.1. The average Bonchev–Trinajstić information content (AvgIpc) is 2.70. The van der Waals surface area contributed by atoms with Gasteiger partial charge in [0, 0.05) is 17.8 Å². The highest BCUT2D eigenvalue weighted by atomic mass is 32.2. The van der Waals surface area contributed by atoms with Crippen molar-refractivity contribution in [1.82, 2.24) is 5.32 Å². The number of aliphatic imine (C=N–C) groups is 1. The van der Waals surface area contributed by atoms with Crippen LogP contribution in [0.25, 0.3) is 0 Å². The zero-order chi connectivity index (χ0) is 10.9. The Hall–Kier alpha value is -0.180. The summed E-state index contributed by atoms with van der Waals surface area (Å²) in [5, 5.41) is 4.64. The second-order valence-corrected chi connectivity index (χ2v) is 6.90. The molecule has 2 rings (SSSR count). The number of thioether (sulfide) groups is 1. The van der Waals surface area contributed by atoms with Gasteiger partial charge in [-0.1, -0.05) is 31.5 Å². The molecule has 0 aromatic carbocycles. The van der Waals surface area contributed by atoms with Crippen LogP contribution in [0.2, 0.25) is 0 Å². The molecule has 0 bridgehead atoms. The van der Waals surface area contributed by atoms with E-state index in [1.165, 1.54) is 25.7 Å². The Morgan fingerprint density at radius 2 is 1.93 bits per heavy atom. The lowest BCUT2D eigenvalue weighted by molar-refractivity contribution is 0.351. The third-order valence-corrected chi connectivity index (χ3v) is 4.80. The Morgan fingerprint density at radius 3 is 2.47 bits per heavy atom. The topological polar surface area (TPSA) is 24.4 Å². The van der Waals surface area contributed by atoms with Crippen molar-refractivity contribution < 1.29 is 0 Å². The van der Waals surface area contributed by atoms with Gasteiger partial charge in [-0.2, -0.15) is 0 Å². The molecular formula is C12H22N2S. The quantitative estimate of drug-likeness (QED) is 0.782. The highest BCUT2D eigenvalue weighted by Crippen LogP contribution is 2.38. The molecule has 2 nitrogen and oxygen atoms in total. The third kappa shape index (κ3) is 2.90. The molecule has 0 radical (unpaired) electrons. The molecule has 0 atom stereocenters. The highest BCUT2D eigenvalue weighted by molar-refractivity contribution is 8.14. The van der Waals surface area contributed by atoms with Crippen molar-refractivity contribution in [3.63, 3.8) is 0 Å². The van der Waals surface area contributed by atoms with Crippen molar-refractivity contribution >= 4 is 16.9 Å². The van der Waals surface area contributed by atoms with E-state index in [1.807, 2.05) is 11.8 Å². The summed E-state index contributed by atoms with van der Waals surface area (Å²) in [6, 6.07) is 0. The van der Waals surface area contributed by atoms with Crippen molar-refractivity contribution in [2.24, 2.45) is 10.4 Å². The largest absolute Gasteiger partial charge is 0.359 e. The SMILES string of the molecule is CC1(CN=C2NC(C)(C)CS2)CCCC1. The summed E-state index contributed by atoms with van der Waals surface area (Å²) >= 11 is 1.87. The number of hydrogen-bond acceptors (Lipinski definition) is 2. The minimum atomic E-state index is 0.236. The fourth-order valence-electron chi connectivity index (χ4n) is 2.34. The molecule has 1 saturated heterocycles. The summed E-state index contributed by atoms with van der Waals surface area (Å²) in [4.78, 5) is 4.74. The van der Waals surface area contributed by atoms with Gasteiger partial charge in [0.05, 0.1) is 0 Å². The average molecular weight is 226 g/mol. The highest BCUT2D eigenvalue weighted by Gasteiger charge is 2.30. The molecule has 86 valence electrons. The fraction of sp³-hybridized carbons (Fsp3) is 0.917. The fourth-order valence-corrected chi connectivity index (χ4v) is 3.42. The first-order valence-electron chi connectivity index (χ1n) is 5.95. The van der Waals surface area contributed by atoms with Crippen molar-refractivity contribution in [2.75, 3.05) is 12.3 Å². The molecule has 1 heterocycles. The van der Waals surface area contributed by atoms with Crippen LogP contribution < -0.4 is 5.32 Å². The number of amidine groups is 1. The summed E-state index contributed by atoms with van der Waals surface area (Å²) in [7, 11) is 0. The van der Waals surface area contributed by atoms with Crippen molar-refractivity contribution in [3.05, 3.63) is 0 Å².